The van der Waals surface area contributed by atoms with Crippen LogP contribution in [0.2, 0.25) is 0 Å². The maximum absolute atomic E-state index is 12.1. The smallest absolute Gasteiger partial charge is 0.224 e. The molecular weight excluding hydrogens is 314 g/mol. The van der Waals surface area contributed by atoms with E-state index in [9.17, 15) is 4.79 Å². The van der Waals surface area contributed by atoms with Crippen molar-refractivity contribution < 1.29 is 9.53 Å². The first kappa shape index (κ1) is 16.6. The Bertz CT molecular complexity index is 833. The maximum atomic E-state index is 12.1. The Kier molecular flexibility index (Phi) is 5.36. The van der Waals surface area contributed by atoms with Crippen molar-refractivity contribution in [3.63, 3.8) is 0 Å². The molecule has 3 rings (SSSR count). The van der Waals surface area contributed by atoms with Crippen molar-refractivity contribution >= 4 is 5.91 Å². The lowest BCUT2D eigenvalue weighted by Gasteiger charge is -2.07. The van der Waals surface area contributed by atoms with E-state index in [0.717, 1.165) is 28.1 Å². The van der Waals surface area contributed by atoms with E-state index in [0.29, 0.717) is 13.0 Å². The lowest BCUT2D eigenvalue weighted by molar-refractivity contribution is -0.120. The number of amides is 1. The Hall–Kier alpha value is -3.21. The van der Waals surface area contributed by atoms with E-state index in [-0.39, 0.29) is 5.91 Å². The second-order valence-electron chi connectivity index (χ2n) is 5.60. The average molecular weight is 333 g/mol. The largest absolute Gasteiger partial charge is 0.497 e. The normalized spacial score (nSPS) is 10.3. The van der Waals surface area contributed by atoms with Gasteiger partial charge in [-0.15, -0.1) is 0 Å². The Morgan fingerprint density at radius 3 is 2.72 bits per heavy atom. The summed E-state index contributed by atoms with van der Waals surface area (Å²) in [6, 6.07) is 15.2. The van der Waals surface area contributed by atoms with Crippen LogP contribution in [-0.4, -0.2) is 23.0 Å². The highest BCUT2D eigenvalue weighted by Crippen LogP contribution is 2.15. The summed E-state index contributed by atoms with van der Waals surface area (Å²) in [5.41, 5.74) is 3.70. The van der Waals surface area contributed by atoms with Gasteiger partial charge in [-0.05, 0) is 41.5 Å². The minimum absolute atomic E-state index is 0.0374. The number of nitrogens with one attached hydrogen (secondary N) is 1. The van der Waals surface area contributed by atoms with Gasteiger partial charge in [0.15, 0.2) is 0 Å². The fourth-order valence-electron chi connectivity index (χ4n) is 2.45. The number of ether oxygens (including phenoxy) is 1. The van der Waals surface area contributed by atoms with Gasteiger partial charge in [-0.25, -0.2) is 0 Å². The monoisotopic (exact) mass is 333 g/mol. The van der Waals surface area contributed by atoms with Crippen LogP contribution in [0.15, 0.2) is 67.1 Å². The van der Waals surface area contributed by atoms with Crippen molar-refractivity contribution in [2.24, 2.45) is 0 Å². The number of carbonyl (C=O) groups is 1. The number of hydrogen-bond donors (Lipinski definition) is 1. The number of rotatable bonds is 6. The summed E-state index contributed by atoms with van der Waals surface area (Å²) in [6.07, 6.45) is 5.60. The molecule has 0 aliphatic heterocycles. The molecule has 0 spiro atoms. The molecule has 2 aromatic heterocycles. The molecule has 3 aromatic rings. The predicted octanol–water partition coefficient (Wildman–Crippen LogP) is 3.01. The highest BCUT2D eigenvalue weighted by molar-refractivity contribution is 5.78. The fraction of sp³-hybridized carbons (Fsp3) is 0.150. The Morgan fingerprint density at radius 2 is 2.00 bits per heavy atom. The summed E-state index contributed by atoms with van der Waals surface area (Å²) >= 11 is 0. The van der Waals surface area contributed by atoms with Crippen LogP contribution in [0.4, 0.5) is 0 Å². The molecule has 0 radical (unpaired) electrons. The number of benzene rings is 1. The van der Waals surface area contributed by atoms with Gasteiger partial charge < -0.3 is 10.1 Å². The van der Waals surface area contributed by atoms with Crippen LogP contribution in [0, 0.1) is 0 Å². The molecule has 0 fully saturated rings. The molecule has 0 aliphatic rings. The van der Waals surface area contributed by atoms with Crippen LogP contribution < -0.4 is 10.1 Å². The number of pyridine rings is 2. The molecule has 1 N–H and O–H groups in total. The molecule has 1 amide bonds. The minimum atomic E-state index is -0.0374. The van der Waals surface area contributed by atoms with E-state index in [1.165, 1.54) is 0 Å². The van der Waals surface area contributed by atoms with Gasteiger partial charge in [-0.1, -0.05) is 18.2 Å². The molecule has 0 saturated heterocycles. The van der Waals surface area contributed by atoms with Crippen molar-refractivity contribution in [2.75, 3.05) is 7.11 Å². The zero-order chi connectivity index (χ0) is 17.5. The molecule has 0 saturated carbocycles. The van der Waals surface area contributed by atoms with Crippen molar-refractivity contribution in [3.8, 4) is 17.0 Å². The molecule has 5 heteroatoms. The molecule has 0 bridgehead atoms. The van der Waals surface area contributed by atoms with E-state index in [1.807, 2.05) is 48.5 Å². The highest BCUT2D eigenvalue weighted by Gasteiger charge is 2.05. The van der Waals surface area contributed by atoms with E-state index in [4.69, 9.17) is 4.74 Å². The van der Waals surface area contributed by atoms with Crippen molar-refractivity contribution in [1.82, 2.24) is 15.3 Å². The quantitative estimate of drug-likeness (QED) is 0.753. The van der Waals surface area contributed by atoms with Gasteiger partial charge in [0, 0.05) is 30.7 Å². The molecule has 2 heterocycles. The lowest BCUT2D eigenvalue weighted by atomic mass is 10.1. The van der Waals surface area contributed by atoms with Crippen LogP contribution >= 0.6 is 0 Å². The Labute approximate surface area is 146 Å². The van der Waals surface area contributed by atoms with Crippen LogP contribution in [0.3, 0.4) is 0 Å². The van der Waals surface area contributed by atoms with Gasteiger partial charge in [0.2, 0.25) is 5.91 Å². The van der Waals surface area contributed by atoms with Gasteiger partial charge in [0.05, 0.1) is 19.2 Å². The fourth-order valence-corrected chi connectivity index (χ4v) is 2.45. The molecular formula is C20H19N3O2. The van der Waals surface area contributed by atoms with Gasteiger partial charge >= 0.3 is 0 Å². The molecule has 25 heavy (non-hydrogen) atoms. The second kappa shape index (κ2) is 8.06. The molecule has 0 aliphatic carbocycles. The van der Waals surface area contributed by atoms with Gasteiger partial charge in [-0.2, -0.15) is 0 Å². The zero-order valence-electron chi connectivity index (χ0n) is 14.0. The number of aromatic nitrogens is 2. The first-order valence-corrected chi connectivity index (χ1v) is 7.99. The van der Waals surface area contributed by atoms with Crippen LogP contribution in [0.25, 0.3) is 11.3 Å². The van der Waals surface area contributed by atoms with Crippen LogP contribution in [0.1, 0.15) is 11.1 Å². The Balaban J connectivity index is 1.55. The van der Waals surface area contributed by atoms with E-state index in [1.54, 1.807) is 25.7 Å². The van der Waals surface area contributed by atoms with Gasteiger partial charge in [0.25, 0.3) is 0 Å². The molecule has 1 aromatic carbocycles. The zero-order valence-corrected chi connectivity index (χ0v) is 14.0. The summed E-state index contributed by atoms with van der Waals surface area (Å²) in [4.78, 5) is 20.6. The third kappa shape index (κ3) is 4.64. The number of nitrogens with zero attached hydrogens (tertiary/aromatic N) is 2. The average Bonchev–Trinajstić information content (AvgIpc) is 2.67. The molecule has 0 unspecified atom stereocenters. The molecule has 0 atom stereocenters. The standard InChI is InChI=1S/C20H19N3O2/c1-25-18-6-2-4-15(10-18)11-20(24)23-13-16-7-8-19(22-12-16)17-5-3-9-21-14-17/h2-10,12,14H,11,13H2,1H3,(H,23,24). The van der Waals surface area contributed by atoms with E-state index in [2.05, 4.69) is 15.3 Å². The minimum Gasteiger partial charge on any atom is -0.497 e. The van der Waals surface area contributed by atoms with Crippen molar-refractivity contribution in [1.29, 1.82) is 0 Å². The Morgan fingerprint density at radius 1 is 1.08 bits per heavy atom. The molecule has 5 nitrogen and oxygen atoms in total. The lowest BCUT2D eigenvalue weighted by Crippen LogP contribution is -2.24. The van der Waals surface area contributed by atoms with E-state index < -0.39 is 0 Å². The topological polar surface area (TPSA) is 64.1 Å². The SMILES string of the molecule is COc1cccc(CC(=O)NCc2ccc(-c3cccnc3)nc2)c1. The van der Waals surface area contributed by atoms with Crippen LogP contribution in [0.5, 0.6) is 5.75 Å². The van der Waals surface area contributed by atoms with Crippen LogP contribution in [-0.2, 0) is 17.8 Å². The third-order valence-electron chi connectivity index (χ3n) is 3.77. The predicted molar refractivity (Wildman–Crippen MR) is 96.0 cm³/mol. The summed E-state index contributed by atoms with van der Waals surface area (Å²) in [7, 11) is 1.61. The second-order valence-corrected chi connectivity index (χ2v) is 5.60. The summed E-state index contributed by atoms with van der Waals surface area (Å²) in [6.45, 7) is 0.448. The maximum Gasteiger partial charge on any atom is 0.224 e. The first-order valence-electron chi connectivity index (χ1n) is 7.99. The summed E-state index contributed by atoms with van der Waals surface area (Å²) in [5, 5.41) is 2.91. The summed E-state index contributed by atoms with van der Waals surface area (Å²) in [5.74, 6) is 0.713. The van der Waals surface area contributed by atoms with E-state index >= 15 is 0 Å². The van der Waals surface area contributed by atoms with Crippen molar-refractivity contribution in [2.45, 2.75) is 13.0 Å². The summed E-state index contributed by atoms with van der Waals surface area (Å²) < 4.78 is 5.17. The number of methoxy groups -OCH3 is 1. The number of carbonyl (C=O) groups excluding carboxylic acids is 1. The molecule has 126 valence electrons. The number of hydrogen-bond acceptors (Lipinski definition) is 4. The first-order chi connectivity index (χ1) is 12.2. The van der Waals surface area contributed by atoms with Crippen molar-refractivity contribution in [3.05, 3.63) is 78.2 Å². The van der Waals surface area contributed by atoms with Gasteiger partial charge in [0.1, 0.15) is 5.75 Å². The van der Waals surface area contributed by atoms with Gasteiger partial charge in [-0.3, -0.25) is 14.8 Å². The third-order valence-corrected chi connectivity index (χ3v) is 3.77. The highest BCUT2D eigenvalue weighted by atomic mass is 16.5.